The van der Waals surface area contributed by atoms with E-state index in [2.05, 4.69) is 41.3 Å². The summed E-state index contributed by atoms with van der Waals surface area (Å²) >= 11 is 2.89. The average Bonchev–Trinajstić information content (AvgIpc) is 3.12. The molecule has 4 aromatic rings. The molecule has 1 N–H and O–H groups in total. The molecule has 2 aromatic heterocycles. The summed E-state index contributed by atoms with van der Waals surface area (Å²) in [7, 11) is 1.63. The Kier molecular flexibility index (Phi) is 5.51. The molecule has 0 spiro atoms. The molecule has 2 heterocycles. The third kappa shape index (κ3) is 4.26. The predicted octanol–water partition coefficient (Wildman–Crippen LogP) is 5.72. The maximum absolute atomic E-state index is 12.9. The van der Waals surface area contributed by atoms with Gasteiger partial charge < -0.3 is 4.74 Å². The minimum Gasteiger partial charge on any atom is -0.497 e. The van der Waals surface area contributed by atoms with Crippen LogP contribution < -0.4 is 10.1 Å². The SMILES string of the molecule is COc1ccc2nc(NC(=O)c3cccnc3Sc3ccc(C)c(C)c3)sc2c1. The van der Waals surface area contributed by atoms with Crippen molar-refractivity contribution in [1.82, 2.24) is 9.97 Å². The number of methoxy groups -OCH3 is 1. The number of hydrogen-bond donors (Lipinski definition) is 1. The lowest BCUT2D eigenvalue weighted by Gasteiger charge is -2.09. The molecule has 0 saturated heterocycles. The van der Waals surface area contributed by atoms with Crippen molar-refractivity contribution in [2.75, 3.05) is 12.4 Å². The second-order valence-electron chi connectivity index (χ2n) is 6.51. The van der Waals surface area contributed by atoms with Crippen LogP contribution in [0.1, 0.15) is 21.5 Å². The normalized spacial score (nSPS) is 10.9. The highest BCUT2D eigenvalue weighted by molar-refractivity contribution is 7.99. The number of thiazole rings is 1. The monoisotopic (exact) mass is 421 g/mol. The molecule has 0 unspecified atom stereocenters. The van der Waals surface area contributed by atoms with Crippen LogP contribution in [0, 0.1) is 13.8 Å². The third-order valence-electron chi connectivity index (χ3n) is 4.52. The van der Waals surface area contributed by atoms with Crippen LogP contribution >= 0.6 is 23.1 Å². The van der Waals surface area contributed by atoms with Gasteiger partial charge in [-0.1, -0.05) is 29.2 Å². The largest absolute Gasteiger partial charge is 0.497 e. The van der Waals surface area contributed by atoms with Gasteiger partial charge in [0.25, 0.3) is 5.91 Å². The standard InChI is InChI=1S/C22H19N3O2S2/c1-13-6-8-16(11-14(13)2)28-21-17(5-4-10-23-21)20(26)25-22-24-18-9-7-15(27-3)12-19(18)29-22/h4-12H,1-3H3,(H,24,25,26). The predicted molar refractivity (Wildman–Crippen MR) is 118 cm³/mol. The first-order chi connectivity index (χ1) is 14.0. The van der Waals surface area contributed by atoms with Crippen LogP contribution in [-0.2, 0) is 0 Å². The van der Waals surface area contributed by atoms with Crippen LogP contribution in [0.3, 0.4) is 0 Å². The molecule has 29 heavy (non-hydrogen) atoms. The van der Waals surface area contributed by atoms with E-state index in [9.17, 15) is 4.79 Å². The minimum absolute atomic E-state index is 0.226. The maximum Gasteiger partial charge on any atom is 0.260 e. The number of nitrogens with one attached hydrogen (secondary N) is 1. The molecule has 0 saturated carbocycles. The van der Waals surface area contributed by atoms with Gasteiger partial charge in [-0.05, 0) is 67.4 Å². The fraction of sp³-hybridized carbons (Fsp3) is 0.136. The van der Waals surface area contributed by atoms with Crippen LogP contribution in [0.15, 0.2) is 64.6 Å². The number of carbonyl (C=O) groups excluding carboxylic acids is 1. The number of carbonyl (C=O) groups is 1. The van der Waals surface area contributed by atoms with Gasteiger partial charge in [0, 0.05) is 11.1 Å². The van der Waals surface area contributed by atoms with E-state index in [-0.39, 0.29) is 5.91 Å². The number of nitrogens with zero attached hydrogens (tertiary/aromatic N) is 2. The Labute approximate surface area is 177 Å². The summed E-state index contributed by atoms with van der Waals surface area (Å²) in [5.74, 6) is 0.536. The minimum atomic E-state index is -0.226. The van der Waals surface area contributed by atoms with Crippen molar-refractivity contribution in [2.45, 2.75) is 23.8 Å². The van der Waals surface area contributed by atoms with Crippen LogP contribution in [-0.4, -0.2) is 23.0 Å². The van der Waals surface area contributed by atoms with E-state index in [1.165, 1.54) is 34.2 Å². The molecule has 146 valence electrons. The zero-order chi connectivity index (χ0) is 20.4. The van der Waals surface area contributed by atoms with Crippen molar-refractivity contribution in [3.63, 3.8) is 0 Å². The number of aryl methyl sites for hydroxylation is 2. The van der Waals surface area contributed by atoms with E-state index in [0.29, 0.717) is 15.7 Å². The molecule has 0 aliphatic rings. The summed E-state index contributed by atoms with van der Waals surface area (Å²) in [5, 5.41) is 4.11. The molecule has 2 aromatic carbocycles. The number of pyridine rings is 1. The van der Waals surface area contributed by atoms with E-state index in [0.717, 1.165) is 20.9 Å². The summed E-state index contributed by atoms with van der Waals surface area (Å²) in [6.07, 6.45) is 1.70. The molecule has 4 rings (SSSR count). The number of amides is 1. The van der Waals surface area contributed by atoms with Gasteiger partial charge in [0.1, 0.15) is 10.8 Å². The van der Waals surface area contributed by atoms with Gasteiger partial charge in [-0.25, -0.2) is 9.97 Å². The van der Waals surface area contributed by atoms with E-state index >= 15 is 0 Å². The quantitative estimate of drug-likeness (QED) is 0.446. The Hall–Kier alpha value is -2.90. The summed E-state index contributed by atoms with van der Waals surface area (Å²) in [6.45, 7) is 4.16. The molecule has 0 radical (unpaired) electrons. The molecule has 0 aliphatic heterocycles. The van der Waals surface area contributed by atoms with Crippen LogP contribution in [0.4, 0.5) is 5.13 Å². The zero-order valence-electron chi connectivity index (χ0n) is 16.2. The Morgan fingerprint density at radius 1 is 1.10 bits per heavy atom. The lowest BCUT2D eigenvalue weighted by molar-refractivity contribution is 0.102. The molecule has 0 bridgehead atoms. The van der Waals surface area contributed by atoms with Crippen molar-refractivity contribution >= 4 is 44.4 Å². The first-order valence-corrected chi connectivity index (χ1v) is 10.6. The number of fused-ring (bicyclic) bond motifs is 1. The average molecular weight is 422 g/mol. The van der Waals surface area contributed by atoms with Gasteiger partial charge >= 0.3 is 0 Å². The Balaban J connectivity index is 1.58. The van der Waals surface area contributed by atoms with Crippen molar-refractivity contribution in [3.05, 3.63) is 71.4 Å². The zero-order valence-corrected chi connectivity index (χ0v) is 17.9. The summed E-state index contributed by atoms with van der Waals surface area (Å²) in [6, 6.07) is 15.4. The second-order valence-corrected chi connectivity index (χ2v) is 8.60. The maximum atomic E-state index is 12.9. The van der Waals surface area contributed by atoms with E-state index < -0.39 is 0 Å². The Morgan fingerprint density at radius 3 is 2.76 bits per heavy atom. The fourth-order valence-corrected chi connectivity index (χ4v) is 4.65. The number of anilines is 1. The summed E-state index contributed by atoms with van der Waals surface area (Å²) in [4.78, 5) is 22.9. The third-order valence-corrected chi connectivity index (χ3v) is 6.47. The topological polar surface area (TPSA) is 64.1 Å². The highest BCUT2D eigenvalue weighted by Gasteiger charge is 2.16. The molecular weight excluding hydrogens is 402 g/mol. The van der Waals surface area contributed by atoms with Crippen LogP contribution in [0.5, 0.6) is 5.75 Å². The van der Waals surface area contributed by atoms with Crippen LogP contribution in [0.25, 0.3) is 10.2 Å². The van der Waals surface area contributed by atoms with E-state index in [1.807, 2.05) is 24.3 Å². The van der Waals surface area contributed by atoms with Gasteiger partial charge in [0.15, 0.2) is 5.13 Å². The Bertz CT molecular complexity index is 1200. The van der Waals surface area contributed by atoms with Gasteiger partial charge in [-0.2, -0.15) is 0 Å². The van der Waals surface area contributed by atoms with E-state index in [1.54, 1.807) is 25.4 Å². The highest BCUT2D eigenvalue weighted by atomic mass is 32.2. The van der Waals surface area contributed by atoms with Gasteiger partial charge in [0.05, 0.1) is 22.9 Å². The number of rotatable bonds is 5. The molecule has 5 nitrogen and oxygen atoms in total. The fourth-order valence-electron chi connectivity index (χ4n) is 2.78. The molecule has 0 fully saturated rings. The van der Waals surface area contributed by atoms with Gasteiger partial charge in [0.2, 0.25) is 0 Å². The number of hydrogen-bond acceptors (Lipinski definition) is 6. The summed E-state index contributed by atoms with van der Waals surface area (Å²) in [5.41, 5.74) is 3.79. The van der Waals surface area contributed by atoms with Crippen LogP contribution in [0.2, 0.25) is 0 Å². The van der Waals surface area contributed by atoms with Gasteiger partial charge in [-0.15, -0.1) is 0 Å². The molecular formula is C22H19N3O2S2. The van der Waals surface area contributed by atoms with Gasteiger partial charge in [-0.3, -0.25) is 10.1 Å². The summed E-state index contributed by atoms with van der Waals surface area (Å²) < 4.78 is 6.20. The molecule has 0 atom stereocenters. The van der Waals surface area contributed by atoms with Crippen molar-refractivity contribution < 1.29 is 9.53 Å². The smallest absolute Gasteiger partial charge is 0.260 e. The first kappa shape index (κ1) is 19.4. The molecule has 0 aliphatic carbocycles. The molecule has 1 amide bonds. The molecule has 7 heteroatoms. The number of ether oxygens (including phenoxy) is 1. The Morgan fingerprint density at radius 2 is 1.97 bits per heavy atom. The van der Waals surface area contributed by atoms with Crippen molar-refractivity contribution in [1.29, 1.82) is 0 Å². The van der Waals surface area contributed by atoms with Crippen molar-refractivity contribution in [3.8, 4) is 5.75 Å². The van der Waals surface area contributed by atoms with E-state index in [4.69, 9.17) is 4.74 Å². The second kappa shape index (κ2) is 8.23. The number of aromatic nitrogens is 2. The highest BCUT2D eigenvalue weighted by Crippen LogP contribution is 2.32. The lowest BCUT2D eigenvalue weighted by atomic mass is 10.1. The first-order valence-electron chi connectivity index (χ1n) is 8.99. The lowest BCUT2D eigenvalue weighted by Crippen LogP contribution is -2.13. The van der Waals surface area contributed by atoms with Crippen molar-refractivity contribution in [2.24, 2.45) is 0 Å². The number of benzene rings is 2.